The molecule has 1 aliphatic rings. The van der Waals surface area contributed by atoms with Gasteiger partial charge in [0.05, 0.1) is 28.5 Å². The van der Waals surface area contributed by atoms with Crippen molar-refractivity contribution >= 4 is 35.0 Å². The third-order valence-corrected chi connectivity index (χ3v) is 6.27. The summed E-state index contributed by atoms with van der Waals surface area (Å²) in [5, 5.41) is 0.597. The number of thiazole rings is 1. The van der Waals surface area contributed by atoms with Crippen LogP contribution >= 0.6 is 22.9 Å². The first-order valence-electron chi connectivity index (χ1n) is 9.91. The molecule has 2 aromatic carbocycles. The Morgan fingerprint density at radius 2 is 1.97 bits per heavy atom. The molecule has 4 rings (SSSR count). The fourth-order valence-corrected chi connectivity index (χ4v) is 4.85. The van der Waals surface area contributed by atoms with Crippen LogP contribution in [0.3, 0.4) is 0 Å². The molecule has 0 saturated carbocycles. The number of ether oxygens (including phenoxy) is 1. The van der Waals surface area contributed by atoms with Gasteiger partial charge in [-0.3, -0.25) is 9.36 Å². The number of aromatic nitrogens is 1. The maximum Gasteiger partial charge on any atom is 0.338 e. The van der Waals surface area contributed by atoms with Crippen molar-refractivity contribution in [2.75, 3.05) is 6.61 Å². The van der Waals surface area contributed by atoms with E-state index in [-0.39, 0.29) is 12.2 Å². The molecule has 2 heterocycles. The molecule has 0 N–H and O–H groups in total. The number of halogens is 1. The van der Waals surface area contributed by atoms with E-state index in [2.05, 4.69) is 4.99 Å². The van der Waals surface area contributed by atoms with E-state index in [0.29, 0.717) is 25.6 Å². The SMILES string of the molecule is CCOC(=O)C1=C(C)N=c2sc(=Cc3cccc(Cl)c3)c(=O)n2C1c1ccc(C)cc1. The Labute approximate surface area is 188 Å². The summed E-state index contributed by atoms with van der Waals surface area (Å²) in [5.74, 6) is -0.460. The molecule has 1 atom stereocenters. The van der Waals surface area contributed by atoms with Gasteiger partial charge in [0, 0.05) is 5.02 Å². The Hall–Kier alpha value is -2.96. The highest BCUT2D eigenvalue weighted by molar-refractivity contribution is 7.07. The van der Waals surface area contributed by atoms with Crippen molar-refractivity contribution in [1.29, 1.82) is 0 Å². The van der Waals surface area contributed by atoms with Gasteiger partial charge in [-0.2, -0.15) is 0 Å². The van der Waals surface area contributed by atoms with Crippen LogP contribution in [0.25, 0.3) is 6.08 Å². The predicted octanol–water partition coefficient (Wildman–Crippen LogP) is 3.76. The Morgan fingerprint density at radius 3 is 2.65 bits per heavy atom. The van der Waals surface area contributed by atoms with Gasteiger partial charge in [0.2, 0.25) is 0 Å². The minimum atomic E-state index is -0.600. The number of allylic oxidation sites excluding steroid dienone is 1. The number of carbonyl (C=O) groups excluding carboxylic acids is 1. The number of aryl methyl sites for hydroxylation is 1. The van der Waals surface area contributed by atoms with Crippen LogP contribution in [0.5, 0.6) is 0 Å². The highest BCUT2D eigenvalue weighted by atomic mass is 35.5. The minimum absolute atomic E-state index is 0.205. The van der Waals surface area contributed by atoms with Crippen molar-refractivity contribution in [1.82, 2.24) is 4.57 Å². The fraction of sp³-hybridized carbons (Fsp3) is 0.208. The lowest BCUT2D eigenvalue weighted by atomic mass is 9.95. The summed E-state index contributed by atoms with van der Waals surface area (Å²) in [6.45, 7) is 5.78. The number of rotatable bonds is 4. The summed E-state index contributed by atoms with van der Waals surface area (Å²) in [7, 11) is 0. The summed E-state index contributed by atoms with van der Waals surface area (Å²) in [5.41, 5.74) is 3.48. The highest BCUT2D eigenvalue weighted by Gasteiger charge is 2.33. The highest BCUT2D eigenvalue weighted by Crippen LogP contribution is 2.30. The van der Waals surface area contributed by atoms with E-state index >= 15 is 0 Å². The smallest absolute Gasteiger partial charge is 0.338 e. The number of hydrogen-bond acceptors (Lipinski definition) is 5. The van der Waals surface area contributed by atoms with Crippen molar-refractivity contribution < 1.29 is 9.53 Å². The minimum Gasteiger partial charge on any atom is -0.463 e. The summed E-state index contributed by atoms with van der Waals surface area (Å²) in [6, 6.07) is 14.5. The first kappa shape index (κ1) is 21.3. The Kier molecular flexibility index (Phi) is 5.94. The molecule has 1 aliphatic heterocycles. The van der Waals surface area contributed by atoms with Crippen molar-refractivity contribution in [3.05, 3.63) is 101 Å². The average molecular weight is 453 g/mol. The molecular weight excluding hydrogens is 432 g/mol. The number of esters is 1. The molecule has 0 spiro atoms. The van der Waals surface area contributed by atoms with E-state index in [1.54, 1.807) is 36.6 Å². The second kappa shape index (κ2) is 8.65. The number of nitrogens with zero attached hydrogens (tertiary/aromatic N) is 2. The molecule has 5 nitrogen and oxygen atoms in total. The molecule has 31 heavy (non-hydrogen) atoms. The molecule has 0 saturated heterocycles. The van der Waals surface area contributed by atoms with Gasteiger partial charge in [-0.25, -0.2) is 9.79 Å². The Morgan fingerprint density at radius 1 is 1.23 bits per heavy atom. The van der Waals surface area contributed by atoms with E-state index in [1.165, 1.54) is 11.3 Å². The quantitative estimate of drug-likeness (QED) is 0.566. The zero-order valence-corrected chi connectivity index (χ0v) is 19.0. The predicted molar refractivity (Wildman–Crippen MR) is 123 cm³/mol. The van der Waals surface area contributed by atoms with Gasteiger partial charge >= 0.3 is 5.97 Å². The van der Waals surface area contributed by atoms with Gasteiger partial charge in [-0.15, -0.1) is 0 Å². The molecule has 1 unspecified atom stereocenters. The van der Waals surface area contributed by atoms with Gasteiger partial charge in [0.1, 0.15) is 0 Å². The van der Waals surface area contributed by atoms with Crippen molar-refractivity contribution in [2.45, 2.75) is 26.8 Å². The Balaban J connectivity index is 1.96. The number of carbonyl (C=O) groups is 1. The van der Waals surface area contributed by atoms with E-state index in [0.717, 1.165) is 16.7 Å². The van der Waals surface area contributed by atoms with Crippen LogP contribution in [0, 0.1) is 6.92 Å². The van der Waals surface area contributed by atoms with Crippen LogP contribution in [-0.4, -0.2) is 17.1 Å². The standard InChI is InChI=1S/C24H21ClN2O3S/c1-4-30-23(29)20-15(3)26-24-27(21(20)17-10-8-14(2)9-11-17)22(28)19(31-24)13-16-6-5-7-18(25)12-16/h5-13,21H,4H2,1-3H3. The number of benzene rings is 2. The first-order valence-corrected chi connectivity index (χ1v) is 11.1. The fourth-order valence-electron chi connectivity index (χ4n) is 3.60. The van der Waals surface area contributed by atoms with Crippen LogP contribution in [0.1, 0.15) is 36.6 Å². The zero-order valence-electron chi connectivity index (χ0n) is 17.4. The maximum atomic E-state index is 13.5. The lowest BCUT2D eigenvalue weighted by Crippen LogP contribution is -2.39. The maximum absolute atomic E-state index is 13.5. The van der Waals surface area contributed by atoms with E-state index < -0.39 is 12.0 Å². The van der Waals surface area contributed by atoms with Crippen molar-refractivity contribution in [2.24, 2.45) is 4.99 Å². The normalized spacial score (nSPS) is 16.1. The van der Waals surface area contributed by atoms with Crippen LogP contribution in [0.4, 0.5) is 0 Å². The van der Waals surface area contributed by atoms with Crippen LogP contribution in [0.2, 0.25) is 5.02 Å². The molecule has 1 aromatic heterocycles. The summed E-state index contributed by atoms with van der Waals surface area (Å²) in [4.78, 5) is 31.4. The van der Waals surface area contributed by atoms with Gasteiger partial charge in [-0.05, 0) is 50.1 Å². The van der Waals surface area contributed by atoms with E-state index in [4.69, 9.17) is 16.3 Å². The topological polar surface area (TPSA) is 60.7 Å². The molecule has 3 aromatic rings. The largest absolute Gasteiger partial charge is 0.463 e. The lowest BCUT2D eigenvalue weighted by Gasteiger charge is -2.24. The second-order valence-corrected chi connectivity index (χ2v) is 8.71. The number of hydrogen-bond donors (Lipinski definition) is 0. The van der Waals surface area contributed by atoms with Gasteiger partial charge < -0.3 is 4.74 Å². The summed E-state index contributed by atoms with van der Waals surface area (Å²) in [6.07, 6.45) is 1.80. The monoisotopic (exact) mass is 452 g/mol. The molecule has 0 radical (unpaired) electrons. The molecular formula is C24H21ClN2O3S. The summed E-state index contributed by atoms with van der Waals surface area (Å²) >= 11 is 7.39. The van der Waals surface area contributed by atoms with Crippen LogP contribution in [-0.2, 0) is 9.53 Å². The van der Waals surface area contributed by atoms with E-state index in [1.807, 2.05) is 43.3 Å². The number of fused-ring (bicyclic) bond motifs is 1. The van der Waals surface area contributed by atoms with Gasteiger partial charge in [0.15, 0.2) is 4.80 Å². The van der Waals surface area contributed by atoms with E-state index in [9.17, 15) is 9.59 Å². The molecule has 0 amide bonds. The lowest BCUT2D eigenvalue weighted by molar-refractivity contribution is -0.139. The molecule has 7 heteroatoms. The zero-order chi connectivity index (χ0) is 22.1. The average Bonchev–Trinajstić information content (AvgIpc) is 3.02. The first-order chi connectivity index (χ1) is 14.9. The molecule has 158 valence electrons. The third kappa shape index (κ3) is 4.13. The molecule has 0 bridgehead atoms. The van der Waals surface area contributed by atoms with Crippen molar-refractivity contribution in [3.8, 4) is 0 Å². The van der Waals surface area contributed by atoms with Crippen LogP contribution in [0.15, 0.2) is 69.6 Å². The summed E-state index contributed by atoms with van der Waals surface area (Å²) < 4.78 is 7.42. The Bertz CT molecular complexity index is 1370. The van der Waals surface area contributed by atoms with Gasteiger partial charge in [0.25, 0.3) is 5.56 Å². The van der Waals surface area contributed by atoms with Gasteiger partial charge in [-0.1, -0.05) is 64.9 Å². The molecule has 0 fully saturated rings. The third-order valence-electron chi connectivity index (χ3n) is 5.06. The van der Waals surface area contributed by atoms with Crippen LogP contribution < -0.4 is 14.9 Å². The molecule has 0 aliphatic carbocycles. The second-order valence-electron chi connectivity index (χ2n) is 7.27. The van der Waals surface area contributed by atoms with Crippen molar-refractivity contribution in [3.63, 3.8) is 0 Å².